The average Bonchev–Trinajstić information content (AvgIpc) is 3.49. The van der Waals surface area contributed by atoms with Gasteiger partial charge in [-0.2, -0.15) is 10.1 Å². The zero-order chi connectivity index (χ0) is 24.0. The van der Waals surface area contributed by atoms with Crippen LogP contribution < -0.4 is 22.5 Å². The normalized spacial score (nSPS) is 22.8. The fraction of sp³-hybridized carbons (Fsp3) is 0.294. The summed E-state index contributed by atoms with van der Waals surface area (Å²) in [4.78, 5) is 46.8. The number of nitrogens with one attached hydrogen (secondary N) is 2. The fourth-order valence-electron chi connectivity index (χ4n) is 3.57. The molecule has 17 heteroatoms. The van der Waals surface area contributed by atoms with E-state index in [9.17, 15) is 19.8 Å². The van der Waals surface area contributed by atoms with Crippen LogP contribution in [0.2, 0.25) is 0 Å². The van der Waals surface area contributed by atoms with Crippen LogP contribution in [0, 0.1) is 0 Å². The molecule has 17 nitrogen and oxygen atoms in total. The van der Waals surface area contributed by atoms with E-state index >= 15 is 0 Å². The molecule has 1 aliphatic heterocycles. The number of carbonyl (C=O) groups is 1. The lowest BCUT2D eigenvalue weighted by Gasteiger charge is -2.16. The first-order valence-electron chi connectivity index (χ1n) is 9.81. The molecule has 4 aromatic heterocycles. The fourth-order valence-corrected chi connectivity index (χ4v) is 3.57. The van der Waals surface area contributed by atoms with Gasteiger partial charge in [-0.15, -0.1) is 0 Å². The Bertz CT molecular complexity index is 1470. The Labute approximate surface area is 188 Å². The number of rotatable bonds is 5. The molecular weight excluding hydrogens is 452 g/mol. The Morgan fingerprint density at radius 2 is 1.97 bits per heavy atom. The number of anilines is 2. The molecule has 0 aliphatic carbocycles. The predicted octanol–water partition coefficient (Wildman–Crippen LogP) is -3.15. The molecule has 0 saturated carbocycles. The number of hydrazone groups is 1. The van der Waals surface area contributed by atoms with Crippen LogP contribution in [-0.4, -0.2) is 79.7 Å². The molecule has 5 heterocycles. The van der Waals surface area contributed by atoms with Gasteiger partial charge in [0, 0.05) is 6.21 Å². The van der Waals surface area contributed by atoms with Crippen molar-refractivity contribution in [2.24, 2.45) is 5.10 Å². The largest absolute Gasteiger partial charge is 0.387 e. The third-order valence-electron chi connectivity index (χ3n) is 5.20. The maximum Gasteiger partial charge on any atom is 0.280 e. The summed E-state index contributed by atoms with van der Waals surface area (Å²) in [6.45, 7) is 0.204. The van der Waals surface area contributed by atoms with E-state index in [1.165, 1.54) is 29.8 Å². The van der Waals surface area contributed by atoms with Crippen LogP contribution in [0.3, 0.4) is 0 Å². The van der Waals surface area contributed by atoms with E-state index in [2.05, 4.69) is 40.4 Å². The molecule has 0 radical (unpaired) electrons. The number of imidazole rings is 2. The zero-order valence-electron chi connectivity index (χ0n) is 17.2. The number of nitrogens with two attached hydrogens (primary N) is 2. The van der Waals surface area contributed by atoms with E-state index < -0.39 is 36.0 Å². The SMILES string of the molecule is Nc1nc2c(ncn2[C@@H]2O[C@H](C(=O)N/N=C/Cn3cnc4c(N)ncnc43)[C@@H](O)[C@H]2O)c(=O)[nH]1. The molecule has 0 bridgehead atoms. The molecular formula is C17H18N12O5. The van der Waals surface area contributed by atoms with Gasteiger partial charge in [0.2, 0.25) is 5.95 Å². The molecule has 1 amide bonds. The number of H-pyrrole nitrogens is 1. The summed E-state index contributed by atoms with van der Waals surface area (Å²) in [5.41, 5.74) is 13.9. The van der Waals surface area contributed by atoms with E-state index in [0.29, 0.717) is 11.2 Å². The molecule has 34 heavy (non-hydrogen) atoms. The number of aromatic amines is 1. The zero-order valence-corrected chi connectivity index (χ0v) is 17.2. The van der Waals surface area contributed by atoms with Crippen molar-refractivity contribution in [1.82, 2.24) is 44.5 Å². The van der Waals surface area contributed by atoms with Crippen LogP contribution in [0.5, 0.6) is 0 Å². The summed E-state index contributed by atoms with van der Waals surface area (Å²) in [7, 11) is 0. The number of hydrogen-bond donors (Lipinski definition) is 6. The first-order valence-corrected chi connectivity index (χ1v) is 9.81. The summed E-state index contributed by atoms with van der Waals surface area (Å²) in [6.07, 6.45) is -0.469. The highest BCUT2D eigenvalue weighted by atomic mass is 16.6. The Hall–Kier alpha value is -4.48. The smallest absolute Gasteiger partial charge is 0.280 e. The maximum atomic E-state index is 12.5. The number of hydrogen-bond acceptors (Lipinski definition) is 13. The molecule has 0 spiro atoms. The van der Waals surface area contributed by atoms with E-state index in [0.717, 1.165) is 0 Å². The molecule has 4 atom stereocenters. The van der Waals surface area contributed by atoms with Crippen molar-refractivity contribution >= 4 is 46.2 Å². The lowest BCUT2D eigenvalue weighted by atomic mass is 10.1. The van der Waals surface area contributed by atoms with Crippen LogP contribution in [0.1, 0.15) is 6.23 Å². The van der Waals surface area contributed by atoms with E-state index in [-0.39, 0.29) is 29.5 Å². The number of nitrogen functional groups attached to an aromatic ring is 2. The summed E-state index contributed by atoms with van der Waals surface area (Å²) >= 11 is 0. The number of ether oxygens (including phenoxy) is 1. The topological polar surface area (TPSA) is 250 Å². The van der Waals surface area contributed by atoms with Crippen molar-refractivity contribution in [3.63, 3.8) is 0 Å². The summed E-state index contributed by atoms with van der Waals surface area (Å²) in [5.74, 6) is -0.736. The van der Waals surface area contributed by atoms with Gasteiger partial charge >= 0.3 is 0 Å². The molecule has 0 aromatic carbocycles. The van der Waals surface area contributed by atoms with Gasteiger partial charge < -0.3 is 31.0 Å². The van der Waals surface area contributed by atoms with Crippen LogP contribution in [-0.2, 0) is 16.1 Å². The Morgan fingerprint density at radius 3 is 2.79 bits per heavy atom. The molecule has 1 fully saturated rings. The second-order valence-electron chi connectivity index (χ2n) is 7.32. The quantitative estimate of drug-likeness (QED) is 0.125. The molecule has 4 aromatic rings. The highest BCUT2D eigenvalue weighted by Crippen LogP contribution is 2.31. The number of aliphatic hydroxyl groups is 2. The van der Waals surface area contributed by atoms with Gasteiger partial charge in [0.25, 0.3) is 11.5 Å². The first-order chi connectivity index (χ1) is 16.3. The van der Waals surface area contributed by atoms with Gasteiger partial charge in [0.1, 0.15) is 24.1 Å². The molecule has 0 unspecified atom stereocenters. The van der Waals surface area contributed by atoms with Gasteiger partial charge in [0.05, 0.1) is 19.2 Å². The third kappa shape index (κ3) is 3.49. The molecule has 1 aliphatic rings. The standard InChI is InChI=1S/C17H18N12O5/c18-11-6-12(21-3-20-11)28(4-22-6)2-1-24-27-15(33)10-8(30)9(31)16(34-10)29-5-23-7-13(29)25-17(19)26-14(7)32/h1,3-5,8-10,16,30-31H,2H2,(H,27,33)(H2,18,20,21)(H3,19,25,26,32)/b24-1+/t8-,9+,10-,16+/m0/s1. The van der Waals surface area contributed by atoms with Crippen molar-refractivity contribution in [2.45, 2.75) is 31.1 Å². The Balaban J connectivity index is 1.27. The summed E-state index contributed by atoms with van der Waals surface area (Å²) in [6, 6.07) is 0. The number of aliphatic hydroxyl groups excluding tert-OH is 2. The minimum absolute atomic E-state index is 0.0218. The second kappa shape index (κ2) is 8.14. The van der Waals surface area contributed by atoms with Crippen LogP contribution in [0.4, 0.5) is 11.8 Å². The van der Waals surface area contributed by atoms with E-state index in [1.807, 2.05) is 0 Å². The van der Waals surface area contributed by atoms with Crippen molar-refractivity contribution in [3.05, 3.63) is 29.3 Å². The first kappa shape index (κ1) is 21.4. The van der Waals surface area contributed by atoms with Gasteiger partial charge in [0.15, 0.2) is 35.0 Å². The predicted molar refractivity (Wildman–Crippen MR) is 115 cm³/mol. The highest BCUT2D eigenvalue weighted by molar-refractivity contribution is 5.83. The monoisotopic (exact) mass is 470 g/mol. The molecule has 1 saturated heterocycles. The van der Waals surface area contributed by atoms with Crippen molar-refractivity contribution in [3.8, 4) is 0 Å². The maximum absolute atomic E-state index is 12.5. The summed E-state index contributed by atoms with van der Waals surface area (Å²) in [5, 5.41) is 24.6. The molecule has 176 valence electrons. The van der Waals surface area contributed by atoms with Crippen LogP contribution in [0.15, 0.2) is 28.9 Å². The van der Waals surface area contributed by atoms with Crippen molar-refractivity contribution < 1.29 is 19.7 Å². The highest BCUT2D eigenvalue weighted by Gasteiger charge is 2.47. The van der Waals surface area contributed by atoms with E-state index in [1.54, 1.807) is 4.57 Å². The number of aromatic nitrogens is 8. The van der Waals surface area contributed by atoms with Crippen LogP contribution in [0.25, 0.3) is 22.3 Å². The van der Waals surface area contributed by atoms with Crippen LogP contribution >= 0.6 is 0 Å². The minimum atomic E-state index is -1.59. The Kier molecular flexibility index (Phi) is 5.11. The average molecular weight is 470 g/mol. The second-order valence-corrected chi connectivity index (χ2v) is 7.32. The lowest BCUT2D eigenvalue weighted by Crippen LogP contribution is -2.41. The number of fused-ring (bicyclic) bond motifs is 2. The number of nitrogens with zero attached hydrogens (tertiary/aromatic N) is 8. The van der Waals surface area contributed by atoms with E-state index in [4.69, 9.17) is 16.2 Å². The number of amides is 1. The Morgan fingerprint density at radius 1 is 1.18 bits per heavy atom. The summed E-state index contributed by atoms with van der Waals surface area (Å²) < 4.78 is 8.40. The molecule has 5 rings (SSSR count). The minimum Gasteiger partial charge on any atom is -0.387 e. The number of carbonyl (C=O) groups excluding carboxylic acids is 1. The van der Waals surface area contributed by atoms with Gasteiger partial charge in [-0.25, -0.2) is 25.4 Å². The molecule has 8 N–H and O–H groups in total. The van der Waals surface area contributed by atoms with Gasteiger partial charge in [-0.1, -0.05) is 0 Å². The van der Waals surface area contributed by atoms with Gasteiger partial charge in [-0.3, -0.25) is 19.1 Å². The van der Waals surface area contributed by atoms with Crippen molar-refractivity contribution in [2.75, 3.05) is 11.5 Å². The third-order valence-corrected chi connectivity index (χ3v) is 5.20. The lowest BCUT2D eigenvalue weighted by molar-refractivity contribution is -0.137. The van der Waals surface area contributed by atoms with Gasteiger partial charge in [-0.05, 0) is 0 Å². The van der Waals surface area contributed by atoms with Crippen molar-refractivity contribution in [1.29, 1.82) is 0 Å².